The Morgan fingerprint density at radius 1 is 1.32 bits per heavy atom. The molecule has 0 radical (unpaired) electrons. The number of aryl methyl sites for hydroxylation is 1. The predicted molar refractivity (Wildman–Crippen MR) is 83.6 cm³/mol. The summed E-state index contributed by atoms with van der Waals surface area (Å²) in [5, 5.41) is 1.88. The minimum atomic E-state index is -0.816. The van der Waals surface area contributed by atoms with Gasteiger partial charge >= 0.3 is 5.97 Å². The van der Waals surface area contributed by atoms with Crippen LogP contribution in [0, 0.1) is 6.92 Å². The van der Waals surface area contributed by atoms with Gasteiger partial charge in [-0.1, -0.05) is 12.1 Å². The van der Waals surface area contributed by atoms with Gasteiger partial charge in [0.1, 0.15) is 5.75 Å². The Kier molecular flexibility index (Phi) is 3.85. The van der Waals surface area contributed by atoms with Crippen LogP contribution in [-0.2, 0) is 9.53 Å². The smallest absolute Gasteiger partial charge is 0.348 e. The zero-order chi connectivity index (χ0) is 15.7. The van der Waals surface area contributed by atoms with Gasteiger partial charge in [-0.15, -0.1) is 11.3 Å². The van der Waals surface area contributed by atoms with E-state index in [4.69, 9.17) is 9.47 Å². The standard InChI is InChI=1S/C16H15NO4S/c1-10-7-8-22-14(10)15(18)17-9-13(16(19)20-2)21-12-6-4-3-5-11(12)17/h3-8,13H,9H2,1-2H3/t13-/m1/s1. The van der Waals surface area contributed by atoms with Gasteiger partial charge in [-0.3, -0.25) is 9.69 Å². The summed E-state index contributed by atoms with van der Waals surface area (Å²) in [6.45, 7) is 2.04. The number of carbonyl (C=O) groups excluding carboxylic acids is 2. The van der Waals surface area contributed by atoms with Crippen LogP contribution in [0.25, 0.3) is 0 Å². The highest BCUT2D eigenvalue weighted by atomic mass is 32.1. The van der Waals surface area contributed by atoms with Crippen molar-refractivity contribution in [2.24, 2.45) is 0 Å². The molecule has 3 rings (SSSR count). The minimum Gasteiger partial charge on any atom is -0.475 e. The van der Waals surface area contributed by atoms with E-state index in [1.807, 2.05) is 30.5 Å². The molecule has 6 heteroatoms. The average molecular weight is 317 g/mol. The van der Waals surface area contributed by atoms with Gasteiger partial charge in [0.15, 0.2) is 0 Å². The quantitative estimate of drug-likeness (QED) is 0.799. The second-order valence-corrected chi connectivity index (χ2v) is 5.86. The van der Waals surface area contributed by atoms with Crippen molar-refractivity contribution in [1.29, 1.82) is 0 Å². The van der Waals surface area contributed by atoms with Crippen molar-refractivity contribution in [3.63, 3.8) is 0 Å². The van der Waals surface area contributed by atoms with Crippen LogP contribution >= 0.6 is 11.3 Å². The fourth-order valence-corrected chi connectivity index (χ4v) is 3.27. The molecule has 2 aromatic rings. The van der Waals surface area contributed by atoms with Crippen LogP contribution < -0.4 is 9.64 Å². The lowest BCUT2D eigenvalue weighted by Crippen LogP contribution is -2.47. The second kappa shape index (κ2) is 5.81. The van der Waals surface area contributed by atoms with Gasteiger partial charge in [0.05, 0.1) is 24.2 Å². The first-order valence-electron chi connectivity index (χ1n) is 6.81. The lowest BCUT2D eigenvalue weighted by molar-refractivity contribution is -0.148. The number of hydrogen-bond acceptors (Lipinski definition) is 5. The van der Waals surface area contributed by atoms with Gasteiger partial charge < -0.3 is 9.47 Å². The van der Waals surface area contributed by atoms with Crippen molar-refractivity contribution >= 4 is 28.9 Å². The Hall–Kier alpha value is -2.34. The Labute approximate surface area is 132 Å². The molecule has 0 unspecified atom stereocenters. The van der Waals surface area contributed by atoms with Crippen molar-refractivity contribution in [1.82, 2.24) is 0 Å². The van der Waals surface area contributed by atoms with Gasteiger partial charge in [-0.25, -0.2) is 4.79 Å². The van der Waals surface area contributed by atoms with Gasteiger partial charge in [0.2, 0.25) is 6.10 Å². The number of fused-ring (bicyclic) bond motifs is 1. The van der Waals surface area contributed by atoms with E-state index in [9.17, 15) is 9.59 Å². The van der Waals surface area contributed by atoms with Gasteiger partial charge in [-0.2, -0.15) is 0 Å². The molecule has 0 aliphatic carbocycles. The number of benzene rings is 1. The fraction of sp³-hybridized carbons (Fsp3) is 0.250. The number of rotatable bonds is 2. The summed E-state index contributed by atoms with van der Waals surface area (Å²) in [6.07, 6.45) is -0.816. The van der Waals surface area contributed by atoms with E-state index < -0.39 is 12.1 Å². The van der Waals surface area contributed by atoms with E-state index in [1.165, 1.54) is 18.4 Å². The SMILES string of the molecule is COC(=O)[C@H]1CN(C(=O)c2sccc2C)c2ccccc2O1. The van der Waals surface area contributed by atoms with Crippen LogP contribution in [0.3, 0.4) is 0 Å². The van der Waals surface area contributed by atoms with E-state index in [0.717, 1.165) is 5.56 Å². The van der Waals surface area contributed by atoms with Crippen molar-refractivity contribution in [3.05, 3.63) is 46.2 Å². The third kappa shape index (κ3) is 2.46. The Morgan fingerprint density at radius 2 is 2.09 bits per heavy atom. The molecule has 5 nitrogen and oxygen atoms in total. The number of thiophene rings is 1. The van der Waals surface area contributed by atoms with Crippen molar-refractivity contribution in [2.75, 3.05) is 18.6 Å². The molecular weight excluding hydrogens is 302 g/mol. The topological polar surface area (TPSA) is 55.8 Å². The predicted octanol–water partition coefficient (Wildman–Crippen LogP) is 2.64. The highest BCUT2D eigenvalue weighted by Gasteiger charge is 2.35. The first-order valence-corrected chi connectivity index (χ1v) is 7.69. The zero-order valence-electron chi connectivity index (χ0n) is 12.2. The molecule has 0 saturated heterocycles. The van der Waals surface area contributed by atoms with E-state index in [2.05, 4.69) is 0 Å². The Bertz CT molecular complexity index is 724. The Morgan fingerprint density at radius 3 is 2.77 bits per heavy atom. The summed E-state index contributed by atoms with van der Waals surface area (Å²) < 4.78 is 10.4. The van der Waals surface area contributed by atoms with E-state index >= 15 is 0 Å². The first kappa shape index (κ1) is 14.6. The molecule has 1 aromatic heterocycles. The molecule has 0 bridgehead atoms. The molecular formula is C16H15NO4S. The maximum absolute atomic E-state index is 12.8. The van der Waals surface area contributed by atoms with E-state index in [1.54, 1.807) is 17.0 Å². The molecule has 0 fully saturated rings. The third-order valence-electron chi connectivity index (χ3n) is 3.54. The highest BCUT2D eigenvalue weighted by Crippen LogP contribution is 2.35. The van der Waals surface area contributed by atoms with Crippen LogP contribution in [0.1, 0.15) is 15.2 Å². The largest absolute Gasteiger partial charge is 0.475 e. The number of ether oxygens (including phenoxy) is 2. The molecule has 22 heavy (non-hydrogen) atoms. The summed E-state index contributed by atoms with van der Waals surface area (Å²) in [6, 6.07) is 9.09. The molecule has 1 aliphatic heterocycles. The molecule has 0 saturated carbocycles. The molecule has 1 atom stereocenters. The number of amides is 1. The molecule has 1 aromatic carbocycles. The summed E-state index contributed by atoms with van der Waals surface area (Å²) in [5.74, 6) is -0.112. The fourth-order valence-electron chi connectivity index (χ4n) is 2.40. The number of hydrogen-bond donors (Lipinski definition) is 0. The van der Waals surface area contributed by atoms with Gasteiger partial charge in [0.25, 0.3) is 5.91 Å². The average Bonchev–Trinajstić information content (AvgIpc) is 2.98. The molecule has 1 aliphatic rings. The molecule has 2 heterocycles. The monoisotopic (exact) mass is 317 g/mol. The van der Waals surface area contributed by atoms with Crippen LogP contribution in [0.5, 0.6) is 5.75 Å². The summed E-state index contributed by atoms with van der Waals surface area (Å²) in [7, 11) is 1.31. The second-order valence-electron chi connectivity index (χ2n) is 4.95. The lowest BCUT2D eigenvalue weighted by Gasteiger charge is -2.33. The minimum absolute atomic E-state index is 0.128. The van der Waals surface area contributed by atoms with Crippen LogP contribution in [0.4, 0.5) is 5.69 Å². The van der Waals surface area contributed by atoms with Gasteiger partial charge in [-0.05, 0) is 36.1 Å². The summed E-state index contributed by atoms with van der Waals surface area (Å²) in [5.41, 5.74) is 1.59. The summed E-state index contributed by atoms with van der Waals surface area (Å²) >= 11 is 1.39. The highest BCUT2D eigenvalue weighted by molar-refractivity contribution is 7.12. The first-order chi connectivity index (χ1) is 10.6. The lowest BCUT2D eigenvalue weighted by atomic mass is 10.1. The maximum atomic E-state index is 12.8. The molecule has 0 spiro atoms. The van der Waals surface area contributed by atoms with Crippen molar-refractivity contribution in [3.8, 4) is 5.75 Å². The molecule has 0 N–H and O–H groups in total. The normalized spacial score (nSPS) is 16.6. The molecule has 114 valence electrons. The maximum Gasteiger partial charge on any atom is 0.348 e. The van der Waals surface area contributed by atoms with Crippen LogP contribution in [-0.4, -0.2) is 31.6 Å². The zero-order valence-corrected chi connectivity index (χ0v) is 13.1. The number of nitrogens with zero attached hydrogens (tertiary/aromatic N) is 1. The van der Waals surface area contributed by atoms with E-state index in [0.29, 0.717) is 16.3 Å². The van der Waals surface area contributed by atoms with Gasteiger partial charge in [0, 0.05) is 0 Å². The van der Waals surface area contributed by atoms with Crippen LogP contribution in [0.15, 0.2) is 35.7 Å². The van der Waals surface area contributed by atoms with Crippen LogP contribution in [0.2, 0.25) is 0 Å². The number of anilines is 1. The number of esters is 1. The number of methoxy groups -OCH3 is 1. The summed E-state index contributed by atoms with van der Waals surface area (Å²) in [4.78, 5) is 26.9. The third-order valence-corrected chi connectivity index (χ3v) is 4.54. The van der Waals surface area contributed by atoms with Crippen molar-refractivity contribution in [2.45, 2.75) is 13.0 Å². The van der Waals surface area contributed by atoms with Crippen molar-refractivity contribution < 1.29 is 19.1 Å². The molecule has 1 amide bonds. The van der Waals surface area contributed by atoms with E-state index in [-0.39, 0.29) is 12.5 Å². The Balaban J connectivity index is 2.00. The number of para-hydroxylation sites is 2. The number of carbonyl (C=O) groups is 2.